The lowest BCUT2D eigenvalue weighted by Gasteiger charge is -2.27. The van der Waals surface area contributed by atoms with Crippen LogP contribution in [0.4, 0.5) is 0 Å². The first-order valence-electron chi connectivity index (χ1n) is 38.6. The molecule has 528 valence electrons. The summed E-state index contributed by atoms with van der Waals surface area (Å²) in [5, 5.41) is 3.08. The molecule has 0 bridgehead atoms. The molecule has 0 heterocycles. The van der Waals surface area contributed by atoms with Gasteiger partial charge in [0.25, 0.3) is 0 Å². The largest absolute Gasteiger partial charge is 0.472 e. The standard InChI is InChI=1S/C81H147N2O7P/c1-7-10-13-16-19-22-25-28-30-32-34-36-38-40-41-43-44-46-48-50-52-55-58-61-64-67-70-73-80(84)82-78(77-89-91(86,87)88-76-75-83(4,5)6)79(72-69-66-63-60-57-54-27-24-21-18-15-12-9-3)90-81(85)74-71-68-65-62-59-56-53-51-49-47-45-42-39-37-35-33-31-29-26-23-20-17-14-11-8-2/h11,14,20,23,28-31,35,37,42,45,49,51,69,72,78-79H,7-10,12-13,15-19,21-22,24-27,32-34,36,38-41,43-44,46-48,50,52-68,70-71,73-77H2,1-6H3,(H-,82,84,86,87)/p+1/b14-11-,23-20-,30-28+,31-29-,37-35-,45-42-,51-49-,72-69+. The molecular weight excluding hydrogens is 1140 g/mol. The van der Waals surface area contributed by atoms with Gasteiger partial charge in [0.05, 0.1) is 33.8 Å². The molecule has 0 spiro atoms. The van der Waals surface area contributed by atoms with Crippen LogP contribution in [0.25, 0.3) is 0 Å². The zero-order chi connectivity index (χ0) is 66.3. The highest BCUT2D eigenvalue weighted by Crippen LogP contribution is 2.43. The van der Waals surface area contributed by atoms with Crippen LogP contribution in [-0.2, 0) is 27.9 Å². The highest BCUT2D eigenvalue weighted by molar-refractivity contribution is 7.47. The van der Waals surface area contributed by atoms with Gasteiger partial charge in [-0.25, -0.2) is 4.57 Å². The van der Waals surface area contributed by atoms with Crippen LogP contribution in [0.3, 0.4) is 0 Å². The summed E-state index contributed by atoms with van der Waals surface area (Å²) in [6, 6.07) is -0.861. The second-order valence-electron chi connectivity index (χ2n) is 27.1. The van der Waals surface area contributed by atoms with Crippen molar-refractivity contribution in [1.29, 1.82) is 0 Å². The fraction of sp³-hybridized carbons (Fsp3) is 0.778. The molecule has 1 amide bonds. The molecule has 3 atom stereocenters. The Hall–Kier alpha value is -3.07. The SMILES string of the molecule is CC/C=C\C/C=C\C/C=C\C/C=C\C/C=C\C/C=C\CCCCCCCCC(=O)OC(/C=C/CCCCCCCCCCCCC)C(COP(=O)(O)OCC[N+](C)(C)C)NC(=O)CCCCCCCCCCCCCCCCCCC/C=C/CCCCCCCC. The number of rotatable bonds is 70. The average molecular weight is 1290 g/mol. The van der Waals surface area contributed by atoms with Gasteiger partial charge in [-0.15, -0.1) is 0 Å². The summed E-state index contributed by atoms with van der Waals surface area (Å²) in [6.45, 7) is 6.93. The van der Waals surface area contributed by atoms with Crippen molar-refractivity contribution >= 4 is 19.7 Å². The Morgan fingerprint density at radius 1 is 0.396 bits per heavy atom. The van der Waals surface area contributed by atoms with Crippen molar-refractivity contribution in [2.75, 3.05) is 40.9 Å². The number of amides is 1. The van der Waals surface area contributed by atoms with E-state index >= 15 is 0 Å². The minimum absolute atomic E-state index is 0.0352. The van der Waals surface area contributed by atoms with Crippen LogP contribution in [0.1, 0.15) is 355 Å². The number of quaternary nitrogens is 1. The molecule has 0 aromatic heterocycles. The minimum atomic E-state index is -4.47. The molecule has 0 aromatic rings. The molecule has 10 heteroatoms. The summed E-state index contributed by atoms with van der Waals surface area (Å²) in [6.07, 6.45) is 95.8. The van der Waals surface area contributed by atoms with Gasteiger partial charge in [0.1, 0.15) is 19.3 Å². The summed E-state index contributed by atoms with van der Waals surface area (Å²) in [7, 11) is 1.49. The van der Waals surface area contributed by atoms with Crippen LogP contribution in [0.5, 0.6) is 0 Å². The van der Waals surface area contributed by atoms with Crippen molar-refractivity contribution in [2.45, 2.75) is 367 Å². The number of nitrogens with zero attached hydrogens (tertiary/aromatic N) is 1. The molecule has 0 saturated heterocycles. The van der Waals surface area contributed by atoms with Gasteiger partial charge in [-0.3, -0.25) is 18.6 Å². The molecular formula is C81H148N2O7P+. The van der Waals surface area contributed by atoms with E-state index in [2.05, 4.69) is 111 Å². The number of carbonyl (C=O) groups excluding carboxylic acids is 2. The topological polar surface area (TPSA) is 111 Å². The number of esters is 1. The molecule has 0 aromatic carbocycles. The Morgan fingerprint density at radius 3 is 1.07 bits per heavy atom. The summed E-state index contributed by atoms with van der Waals surface area (Å²) in [5.41, 5.74) is 0. The van der Waals surface area contributed by atoms with Gasteiger partial charge in [-0.2, -0.15) is 0 Å². The summed E-state index contributed by atoms with van der Waals surface area (Å²) in [5.74, 6) is -0.512. The van der Waals surface area contributed by atoms with Crippen molar-refractivity contribution in [3.05, 3.63) is 97.2 Å². The van der Waals surface area contributed by atoms with E-state index in [9.17, 15) is 19.0 Å². The van der Waals surface area contributed by atoms with Crippen LogP contribution in [0.2, 0.25) is 0 Å². The molecule has 9 nitrogen and oxygen atoms in total. The van der Waals surface area contributed by atoms with E-state index in [0.29, 0.717) is 17.4 Å². The van der Waals surface area contributed by atoms with E-state index < -0.39 is 20.0 Å². The van der Waals surface area contributed by atoms with E-state index in [4.69, 9.17) is 13.8 Å². The van der Waals surface area contributed by atoms with E-state index in [1.807, 2.05) is 33.3 Å². The quantitative estimate of drug-likeness (QED) is 0.0205. The zero-order valence-electron chi connectivity index (χ0n) is 60.6. The van der Waals surface area contributed by atoms with Gasteiger partial charge in [0.15, 0.2) is 0 Å². The van der Waals surface area contributed by atoms with Gasteiger partial charge >= 0.3 is 13.8 Å². The molecule has 0 aliphatic carbocycles. The lowest BCUT2D eigenvalue weighted by Crippen LogP contribution is -2.47. The van der Waals surface area contributed by atoms with Crippen molar-refractivity contribution < 1.29 is 37.3 Å². The second kappa shape index (κ2) is 69.8. The Balaban J connectivity index is 5.03. The van der Waals surface area contributed by atoms with Crippen LogP contribution >= 0.6 is 7.82 Å². The van der Waals surface area contributed by atoms with Crippen molar-refractivity contribution in [3.63, 3.8) is 0 Å². The number of allylic oxidation sites excluding steroid dienone is 15. The van der Waals surface area contributed by atoms with Crippen molar-refractivity contribution in [2.24, 2.45) is 0 Å². The van der Waals surface area contributed by atoms with Crippen LogP contribution < -0.4 is 5.32 Å². The number of phosphoric ester groups is 1. The summed E-state index contributed by atoms with van der Waals surface area (Å²) >= 11 is 0. The predicted molar refractivity (Wildman–Crippen MR) is 397 cm³/mol. The maximum absolute atomic E-state index is 13.7. The Kier molecular flexibility index (Phi) is 67.4. The summed E-state index contributed by atoms with van der Waals surface area (Å²) in [4.78, 5) is 38.0. The number of phosphoric acid groups is 1. The molecule has 91 heavy (non-hydrogen) atoms. The molecule has 0 fully saturated rings. The van der Waals surface area contributed by atoms with Gasteiger partial charge in [-0.05, 0) is 109 Å². The number of nitrogens with one attached hydrogen (secondary N) is 1. The van der Waals surface area contributed by atoms with Gasteiger partial charge in [0.2, 0.25) is 5.91 Å². The summed E-state index contributed by atoms with van der Waals surface area (Å²) < 4.78 is 30.9. The third-order valence-electron chi connectivity index (χ3n) is 17.0. The maximum Gasteiger partial charge on any atom is 0.472 e. The van der Waals surface area contributed by atoms with Gasteiger partial charge in [0, 0.05) is 12.8 Å². The van der Waals surface area contributed by atoms with Crippen LogP contribution in [0, 0.1) is 0 Å². The third kappa shape index (κ3) is 71.1. The number of likely N-dealkylation sites (N-methyl/N-ethyl adjacent to an activating group) is 1. The number of hydrogen-bond acceptors (Lipinski definition) is 6. The number of ether oxygens (including phenoxy) is 1. The number of hydrogen-bond donors (Lipinski definition) is 2. The molecule has 0 aliphatic rings. The van der Waals surface area contributed by atoms with Gasteiger partial charge in [-0.1, -0.05) is 330 Å². The Labute approximate surface area is 564 Å². The first kappa shape index (κ1) is 87.9. The molecule has 0 radical (unpaired) electrons. The van der Waals surface area contributed by atoms with Crippen molar-refractivity contribution in [1.82, 2.24) is 5.32 Å². The smallest absolute Gasteiger partial charge is 0.456 e. The predicted octanol–water partition coefficient (Wildman–Crippen LogP) is 25.0. The van der Waals surface area contributed by atoms with Gasteiger partial charge < -0.3 is 19.4 Å². The first-order valence-corrected chi connectivity index (χ1v) is 40.1. The molecule has 0 saturated carbocycles. The van der Waals surface area contributed by atoms with E-state index in [-0.39, 0.29) is 31.5 Å². The highest BCUT2D eigenvalue weighted by Gasteiger charge is 2.30. The van der Waals surface area contributed by atoms with Crippen LogP contribution in [-0.4, -0.2) is 74.3 Å². The van der Waals surface area contributed by atoms with E-state index in [1.54, 1.807) is 0 Å². The lowest BCUT2D eigenvalue weighted by molar-refractivity contribution is -0.870. The fourth-order valence-electron chi connectivity index (χ4n) is 11.1. The van der Waals surface area contributed by atoms with E-state index in [1.165, 1.54) is 199 Å². The lowest BCUT2D eigenvalue weighted by atomic mass is 10.0. The fourth-order valence-corrected chi connectivity index (χ4v) is 11.9. The average Bonchev–Trinajstić information content (AvgIpc) is 3.70. The third-order valence-corrected chi connectivity index (χ3v) is 18.0. The number of unbranched alkanes of at least 4 members (excludes halogenated alkanes) is 40. The second-order valence-corrected chi connectivity index (χ2v) is 28.6. The van der Waals surface area contributed by atoms with Crippen molar-refractivity contribution in [3.8, 4) is 0 Å². The Morgan fingerprint density at radius 2 is 0.703 bits per heavy atom. The first-order chi connectivity index (χ1) is 44.4. The highest BCUT2D eigenvalue weighted by atomic mass is 31.2. The van der Waals surface area contributed by atoms with Crippen LogP contribution in [0.15, 0.2) is 97.2 Å². The van der Waals surface area contributed by atoms with E-state index in [0.717, 1.165) is 122 Å². The Bertz CT molecular complexity index is 1880. The monoisotopic (exact) mass is 1290 g/mol. The zero-order valence-corrected chi connectivity index (χ0v) is 61.5. The maximum atomic E-state index is 13.7. The normalized spacial score (nSPS) is 14.0. The molecule has 0 rings (SSSR count). The minimum Gasteiger partial charge on any atom is -0.456 e. The number of carbonyl (C=O) groups is 2. The molecule has 3 unspecified atom stereocenters. The molecule has 0 aliphatic heterocycles. The molecule has 2 N–H and O–H groups in total.